The molecule has 1 aromatic carbocycles. The third kappa shape index (κ3) is 2.82. The first kappa shape index (κ1) is 13.3. The molecule has 0 aromatic heterocycles. The summed E-state index contributed by atoms with van der Waals surface area (Å²) >= 11 is 0. The highest BCUT2D eigenvalue weighted by molar-refractivity contribution is 7.89. The third-order valence-electron chi connectivity index (χ3n) is 3.07. The third-order valence-corrected chi connectivity index (χ3v) is 4.03. The molecule has 18 heavy (non-hydrogen) atoms. The summed E-state index contributed by atoms with van der Waals surface area (Å²) in [4.78, 5) is 2.28. The van der Waals surface area contributed by atoms with Crippen LogP contribution in [0.2, 0.25) is 0 Å². The normalized spacial score (nSPS) is 25.2. The Kier molecular flexibility index (Phi) is 3.61. The number of benzene rings is 1. The SMILES string of the molecule is CC1CN(c2ccccc2S(N)(=O)=O)CC(C)N1. The van der Waals surface area contributed by atoms with Crippen LogP contribution in [0, 0.1) is 0 Å². The van der Waals surface area contributed by atoms with E-state index in [9.17, 15) is 8.42 Å². The van der Waals surface area contributed by atoms with Crippen molar-refractivity contribution in [1.82, 2.24) is 5.32 Å². The first-order chi connectivity index (χ1) is 8.38. The quantitative estimate of drug-likeness (QED) is 0.821. The van der Waals surface area contributed by atoms with Crippen molar-refractivity contribution in [3.63, 3.8) is 0 Å². The van der Waals surface area contributed by atoms with E-state index in [0.29, 0.717) is 17.8 Å². The number of rotatable bonds is 2. The molecule has 1 fully saturated rings. The molecule has 0 radical (unpaired) electrons. The Morgan fingerprint density at radius 2 is 1.78 bits per heavy atom. The zero-order valence-corrected chi connectivity index (χ0v) is 11.4. The van der Waals surface area contributed by atoms with E-state index in [1.807, 2.05) is 12.1 Å². The largest absolute Gasteiger partial charge is 0.367 e. The van der Waals surface area contributed by atoms with Gasteiger partial charge in [-0.3, -0.25) is 0 Å². The van der Waals surface area contributed by atoms with Crippen LogP contribution >= 0.6 is 0 Å². The van der Waals surface area contributed by atoms with E-state index in [0.717, 1.165) is 13.1 Å². The molecule has 0 spiro atoms. The Morgan fingerprint density at radius 1 is 1.22 bits per heavy atom. The van der Waals surface area contributed by atoms with Crippen molar-refractivity contribution in [3.8, 4) is 0 Å². The van der Waals surface area contributed by atoms with E-state index in [-0.39, 0.29) is 4.90 Å². The lowest BCUT2D eigenvalue weighted by atomic mass is 10.1. The predicted octanol–water partition coefficient (Wildman–Crippen LogP) is 0.521. The average Bonchev–Trinajstić information content (AvgIpc) is 2.26. The fraction of sp³-hybridized carbons (Fsp3) is 0.500. The number of piperazine rings is 1. The lowest BCUT2D eigenvalue weighted by molar-refractivity contribution is 0.406. The highest BCUT2D eigenvalue weighted by Crippen LogP contribution is 2.25. The monoisotopic (exact) mass is 269 g/mol. The molecule has 0 aliphatic carbocycles. The van der Waals surface area contributed by atoms with Crippen molar-refractivity contribution in [3.05, 3.63) is 24.3 Å². The Labute approximate surface area is 108 Å². The number of para-hydroxylation sites is 1. The minimum absolute atomic E-state index is 0.200. The van der Waals surface area contributed by atoms with Crippen molar-refractivity contribution in [2.45, 2.75) is 30.8 Å². The number of anilines is 1. The second kappa shape index (κ2) is 4.87. The summed E-state index contributed by atoms with van der Waals surface area (Å²) in [5.41, 5.74) is 0.695. The molecule has 5 nitrogen and oxygen atoms in total. The lowest BCUT2D eigenvalue weighted by Gasteiger charge is -2.38. The molecule has 2 unspecified atom stereocenters. The molecule has 100 valence electrons. The van der Waals surface area contributed by atoms with Gasteiger partial charge in [0.05, 0.1) is 5.69 Å². The van der Waals surface area contributed by atoms with Crippen molar-refractivity contribution in [2.75, 3.05) is 18.0 Å². The number of hydrogen-bond acceptors (Lipinski definition) is 4. The van der Waals surface area contributed by atoms with Crippen LogP contribution in [0.5, 0.6) is 0 Å². The van der Waals surface area contributed by atoms with E-state index < -0.39 is 10.0 Å². The second-order valence-corrected chi connectivity index (χ2v) is 6.42. The summed E-state index contributed by atoms with van der Waals surface area (Å²) in [5.74, 6) is 0. The van der Waals surface area contributed by atoms with Crippen LogP contribution in [0.15, 0.2) is 29.2 Å². The van der Waals surface area contributed by atoms with Crippen LogP contribution < -0.4 is 15.4 Å². The molecule has 0 amide bonds. The minimum atomic E-state index is -3.68. The fourth-order valence-electron chi connectivity index (χ4n) is 2.48. The summed E-state index contributed by atoms with van der Waals surface area (Å²) in [7, 11) is -3.68. The molecule has 1 aliphatic rings. The standard InChI is InChI=1S/C12H19N3O2S/c1-9-7-15(8-10(2)14-9)11-5-3-4-6-12(11)18(13,16)17/h3-6,9-10,14H,7-8H2,1-2H3,(H2,13,16,17). The van der Waals surface area contributed by atoms with Crippen molar-refractivity contribution < 1.29 is 8.42 Å². The first-order valence-corrected chi connectivity index (χ1v) is 7.55. The van der Waals surface area contributed by atoms with Gasteiger partial charge in [-0.1, -0.05) is 12.1 Å². The smallest absolute Gasteiger partial charge is 0.240 e. The van der Waals surface area contributed by atoms with Crippen molar-refractivity contribution >= 4 is 15.7 Å². The Balaban J connectivity index is 2.39. The van der Waals surface area contributed by atoms with Gasteiger partial charge in [-0.05, 0) is 26.0 Å². The summed E-state index contributed by atoms with van der Waals surface area (Å²) < 4.78 is 23.2. The number of nitrogens with one attached hydrogen (secondary N) is 1. The molecule has 1 saturated heterocycles. The molecule has 0 saturated carbocycles. The molecule has 3 N–H and O–H groups in total. The molecule has 2 rings (SSSR count). The van der Waals surface area contributed by atoms with Gasteiger partial charge in [-0.2, -0.15) is 0 Å². The van der Waals surface area contributed by atoms with Gasteiger partial charge in [0, 0.05) is 25.2 Å². The van der Waals surface area contributed by atoms with Crippen LogP contribution in [-0.2, 0) is 10.0 Å². The molecule has 6 heteroatoms. The van der Waals surface area contributed by atoms with E-state index in [2.05, 4.69) is 24.1 Å². The first-order valence-electron chi connectivity index (χ1n) is 6.01. The van der Waals surface area contributed by atoms with Crippen LogP contribution in [0.25, 0.3) is 0 Å². The molecule has 2 atom stereocenters. The highest BCUT2D eigenvalue weighted by Gasteiger charge is 2.25. The number of nitrogens with zero attached hydrogens (tertiary/aromatic N) is 1. The lowest BCUT2D eigenvalue weighted by Crippen LogP contribution is -2.54. The Morgan fingerprint density at radius 3 is 2.33 bits per heavy atom. The van der Waals surface area contributed by atoms with Crippen LogP contribution in [0.4, 0.5) is 5.69 Å². The van der Waals surface area contributed by atoms with E-state index in [1.165, 1.54) is 0 Å². The number of sulfonamides is 1. The van der Waals surface area contributed by atoms with Crippen LogP contribution in [0.1, 0.15) is 13.8 Å². The Bertz CT molecular complexity index is 520. The summed E-state index contributed by atoms with van der Waals surface area (Å²) in [6.07, 6.45) is 0. The average molecular weight is 269 g/mol. The molecule has 1 aliphatic heterocycles. The predicted molar refractivity (Wildman–Crippen MR) is 72.1 cm³/mol. The molecule has 0 bridgehead atoms. The zero-order valence-electron chi connectivity index (χ0n) is 10.6. The summed E-state index contributed by atoms with van der Waals surface area (Å²) in [6.45, 7) is 5.72. The maximum atomic E-state index is 11.6. The van der Waals surface area contributed by atoms with Gasteiger partial charge in [-0.15, -0.1) is 0 Å². The van der Waals surface area contributed by atoms with Gasteiger partial charge in [0.15, 0.2) is 0 Å². The summed E-state index contributed by atoms with van der Waals surface area (Å²) in [6, 6.07) is 7.54. The topological polar surface area (TPSA) is 75.4 Å². The summed E-state index contributed by atoms with van der Waals surface area (Å²) in [5, 5.41) is 8.68. The molecule has 1 aromatic rings. The Hall–Kier alpha value is -1.11. The maximum absolute atomic E-state index is 11.6. The van der Waals surface area contributed by atoms with Crippen molar-refractivity contribution in [2.24, 2.45) is 5.14 Å². The number of hydrogen-bond donors (Lipinski definition) is 2. The fourth-order valence-corrected chi connectivity index (χ4v) is 3.24. The van der Waals surface area contributed by atoms with Gasteiger partial charge >= 0.3 is 0 Å². The van der Waals surface area contributed by atoms with Crippen LogP contribution in [-0.4, -0.2) is 33.6 Å². The van der Waals surface area contributed by atoms with Gasteiger partial charge in [-0.25, -0.2) is 13.6 Å². The van der Waals surface area contributed by atoms with Gasteiger partial charge in [0.2, 0.25) is 10.0 Å². The van der Waals surface area contributed by atoms with Crippen LogP contribution in [0.3, 0.4) is 0 Å². The van der Waals surface area contributed by atoms with Gasteiger partial charge < -0.3 is 10.2 Å². The second-order valence-electron chi connectivity index (χ2n) is 4.89. The maximum Gasteiger partial charge on any atom is 0.240 e. The number of primary sulfonamides is 1. The number of nitrogens with two attached hydrogens (primary N) is 1. The molecular formula is C12H19N3O2S. The molecule has 1 heterocycles. The highest BCUT2D eigenvalue weighted by atomic mass is 32.2. The van der Waals surface area contributed by atoms with Crippen molar-refractivity contribution in [1.29, 1.82) is 0 Å². The van der Waals surface area contributed by atoms with E-state index in [1.54, 1.807) is 12.1 Å². The van der Waals surface area contributed by atoms with E-state index in [4.69, 9.17) is 5.14 Å². The zero-order chi connectivity index (χ0) is 13.3. The minimum Gasteiger partial charge on any atom is -0.367 e. The van der Waals surface area contributed by atoms with Gasteiger partial charge in [0.1, 0.15) is 4.90 Å². The van der Waals surface area contributed by atoms with Gasteiger partial charge in [0.25, 0.3) is 0 Å². The van der Waals surface area contributed by atoms with E-state index >= 15 is 0 Å². The molecular weight excluding hydrogens is 250 g/mol.